The summed E-state index contributed by atoms with van der Waals surface area (Å²) in [6.45, 7) is 5.78. The smallest absolute Gasteiger partial charge is 0.338 e. The molecule has 0 amide bonds. The Balaban J connectivity index is 2.65. The van der Waals surface area contributed by atoms with Gasteiger partial charge in [0.1, 0.15) is 11.5 Å². The summed E-state index contributed by atoms with van der Waals surface area (Å²) >= 11 is 0. The molecule has 108 valence electrons. The summed E-state index contributed by atoms with van der Waals surface area (Å²) in [4.78, 5) is 22.7. The third-order valence-corrected chi connectivity index (χ3v) is 2.25. The molecule has 0 unspecified atom stereocenters. The summed E-state index contributed by atoms with van der Waals surface area (Å²) in [6, 6.07) is 6.47. The van der Waals surface area contributed by atoms with Crippen molar-refractivity contribution in [3.8, 4) is 5.75 Å². The van der Waals surface area contributed by atoms with E-state index < -0.39 is 5.97 Å². The van der Waals surface area contributed by atoms with E-state index in [4.69, 9.17) is 14.2 Å². The normalized spacial score (nSPS) is 10.8. The van der Waals surface area contributed by atoms with Crippen LogP contribution in [0.1, 0.15) is 31.1 Å². The van der Waals surface area contributed by atoms with Crippen molar-refractivity contribution in [2.75, 3.05) is 13.2 Å². The first-order chi connectivity index (χ1) is 9.56. The molecule has 0 aliphatic carbocycles. The van der Waals surface area contributed by atoms with Crippen molar-refractivity contribution in [3.63, 3.8) is 0 Å². The number of rotatable bonds is 6. The quantitative estimate of drug-likeness (QED) is 0.455. The van der Waals surface area contributed by atoms with E-state index in [9.17, 15) is 9.59 Å². The van der Waals surface area contributed by atoms with Crippen molar-refractivity contribution in [3.05, 3.63) is 41.7 Å². The molecule has 0 spiro atoms. The molecule has 0 bridgehead atoms. The van der Waals surface area contributed by atoms with Gasteiger partial charge < -0.3 is 14.2 Å². The van der Waals surface area contributed by atoms with E-state index in [1.165, 1.54) is 6.08 Å². The van der Waals surface area contributed by atoms with Crippen LogP contribution in [0.2, 0.25) is 0 Å². The highest BCUT2D eigenvalue weighted by Crippen LogP contribution is 2.15. The van der Waals surface area contributed by atoms with E-state index in [1.54, 1.807) is 45.0 Å². The van der Waals surface area contributed by atoms with Crippen LogP contribution in [0.15, 0.2) is 36.1 Å². The third-order valence-electron chi connectivity index (χ3n) is 2.25. The molecule has 0 fully saturated rings. The van der Waals surface area contributed by atoms with Gasteiger partial charge in [-0.15, -0.1) is 0 Å². The lowest BCUT2D eigenvalue weighted by Gasteiger charge is -2.07. The van der Waals surface area contributed by atoms with Crippen LogP contribution >= 0.6 is 0 Å². The lowest BCUT2D eigenvalue weighted by Crippen LogP contribution is -2.05. The topological polar surface area (TPSA) is 61.8 Å². The van der Waals surface area contributed by atoms with E-state index in [0.717, 1.165) is 0 Å². The molecule has 0 aliphatic rings. The number of allylic oxidation sites excluding steroid dienone is 1. The average Bonchev–Trinajstić information content (AvgIpc) is 2.39. The Labute approximate surface area is 118 Å². The lowest BCUT2D eigenvalue weighted by atomic mass is 10.2. The number of hydrogen-bond donors (Lipinski definition) is 0. The highest BCUT2D eigenvalue weighted by atomic mass is 16.5. The molecule has 0 aliphatic heterocycles. The van der Waals surface area contributed by atoms with E-state index in [0.29, 0.717) is 30.3 Å². The first-order valence-corrected chi connectivity index (χ1v) is 6.37. The number of benzene rings is 1. The zero-order chi connectivity index (χ0) is 15.0. The van der Waals surface area contributed by atoms with Gasteiger partial charge in [-0.25, -0.2) is 9.59 Å². The molecule has 0 N–H and O–H groups in total. The van der Waals surface area contributed by atoms with Crippen molar-refractivity contribution in [2.24, 2.45) is 0 Å². The largest absolute Gasteiger partial charge is 0.463 e. The fraction of sp³-hybridized carbons (Fsp3) is 0.333. The van der Waals surface area contributed by atoms with Gasteiger partial charge in [0, 0.05) is 0 Å². The Bertz CT molecular complexity index is 487. The van der Waals surface area contributed by atoms with Crippen LogP contribution in [0.3, 0.4) is 0 Å². The molecule has 1 aromatic rings. The monoisotopic (exact) mass is 278 g/mol. The van der Waals surface area contributed by atoms with Crippen molar-refractivity contribution in [1.82, 2.24) is 0 Å². The molecule has 5 nitrogen and oxygen atoms in total. The Hall–Kier alpha value is -2.30. The van der Waals surface area contributed by atoms with E-state index in [-0.39, 0.29) is 5.97 Å². The number of hydrogen-bond acceptors (Lipinski definition) is 5. The molecule has 0 aromatic heterocycles. The summed E-state index contributed by atoms with van der Waals surface area (Å²) in [6.07, 6.45) is 1.27. The Morgan fingerprint density at radius 2 is 1.65 bits per heavy atom. The molecular formula is C15H18O5. The minimum atomic E-state index is -0.451. The van der Waals surface area contributed by atoms with Gasteiger partial charge in [-0.05, 0) is 45.0 Å². The van der Waals surface area contributed by atoms with Gasteiger partial charge in [-0.3, -0.25) is 0 Å². The van der Waals surface area contributed by atoms with Crippen LogP contribution in [-0.4, -0.2) is 25.2 Å². The van der Waals surface area contributed by atoms with Crippen molar-refractivity contribution in [2.45, 2.75) is 20.8 Å². The van der Waals surface area contributed by atoms with Crippen LogP contribution in [-0.2, 0) is 14.3 Å². The van der Waals surface area contributed by atoms with Gasteiger partial charge in [0.2, 0.25) is 0 Å². The van der Waals surface area contributed by atoms with Gasteiger partial charge in [0.15, 0.2) is 0 Å². The maximum absolute atomic E-state index is 11.5. The van der Waals surface area contributed by atoms with Crippen LogP contribution in [0, 0.1) is 0 Å². The summed E-state index contributed by atoms with van der Waals surface area (Å²) in [7, 11) is 0. The highest BCUT2D eigenvalue weighted by Gasteiger charge is 2.06. The minimum Gasteiger partial charge on any atom is -0.463 e. The van der Waals surface area contributed by atoms with Crippen molar-refractivity contribution >= 4 is 11.9 Å². The van der Waals surface area contributed by atoms with Gasteiger partial charge in [-0.1, -0.05) is 0 Å². The molecule has 0 saturated carbocycles. The third kappa shape index (κ3) is 5.14. The fourth-order valence-corrected chi connectivity index (χ4v) is 1.44. The second-order valence-corrected chi connectivity index (χ2v) is 3.85. The van der Waals surface area contributed by atoms with Gasteiger partial charge in [0.05, 0.1) is 24.9 Å². The first kappa shape index (κ1) is 15.8. The zero-order valence-corrected chi connectivity index (χ0v) is 11.8. The molecule has 0 atom stereocenters. The molecule has 0 heterocycles. The van der Waals surface area contributed by atoms with Gasteiger partial charge >= 0.3 is 11.9 Å². The second kappa shape index (κ2) is 7.99. The molecule has 0 saturated heterocycles. The Morgan fingerprint density at radius 3 is 2.20 bits per heavy atom. The minimum absolute atomic E-state index is 0.316. The summed E-state index contributed by atoms with van der Waals surface area (Å²) in [5, 5.41) is 0. The first-order valence-electron chi connectivity index (χ1n) is 6.37. The molecule has 5 heteroatoms. The van der Waals surface area contributed by atoms with Crippen molar-refractivity contribution in [1.29, 1.82) is 0 Å². The van der Waals surface area contributed by atoms with Crippen molar-refractivity contribution < 1.29 is 23.8 Å². The van der Waals surface area contributed by atoms with E-state index in [1.807, 2.05) is 0 Å². The number of ether oxygens (including phenoxy) is 3. The van der Waals surface area contributed by atoms with Crippen LogP contribution in [0.4, 0.5) is 0 Å². The summed E-state index contributed by atoms with van der Waals surface area (Å²) in [5.74, 6) is 0.106. The fourth-order valence-electron chi connectivity index (χ4n) is 1.44. The summed E-state index contributed by atoms with van der Waals surface area (Å²) < 4.78 is 15.1. The maximum atomic E-state index is 11.5. The zero-order valence-electron chi connectivity index (χ0n) is 11.8. The molecular weight excluding hydrogens is 260 g/mol. The highest BCUT2D eigenvalue weighted by molar-refractivity contribution is 5.89. The van der Waals surface area contributed by atoms with Crippen LogP contribution in [0.5, 0.6) is 5.75 Å². The Morgan fingerprint density at radius 1 is 1.05 bits per heavy atom. The standard InChI is InChI=1S/C15H18O5/c1-4-18-14(16)10-11(3)20-13-8-6-12(7-9-13)15(17)19-5-2/h6-10H,4-5H2,1-3H3/b11-10-. The number of esters is 2. The number of carbonyl (C=O) groups is 2. The van der Waals surface area contributed by atoms with Crippen LogP contribution in [0.25, 0.3) is 0 Å². The predicted molar refractivity (Wildman–Crippen MR) is 73.4 cm³/mol. The average molecular weight is 278 g/mol. The maximum Gasteiger partial charge on any atom is 0.338 e. The second-order valence-electron chi connectivity index (χ2n) is 3.85. The molecule has 0 radical (unpaired) electrons. The van der Waals surface area contributed by atoms with Gasteiger partial charge in [0.25, 0.3) is 0 Å². The number of carbonyl (C=O) groups excluding carboxylic acids is 2. The Kier molecular flexibility index (Phi) is 6.29. The van der Waals surface area contributed by atoms with E-state index in [2.05, 4.69) is 0 Å². The predicted octanol–water partition coefficient (Wildman–Crippen LogP) is 2.71. The van der Waals surface area contributed by atoms with Gasteiger partial charge in [-0.2, -0.15) is 0 Å². The summed E-state index contributed by atoms with van der Waals surface area (Å²) in [5.41, 5.74) is 0.450. The van der Waals surface area contributed by atoms with Crippen LogP contribution < -0.4 is 4.74 Å². The SMILES string of the molecule is CCOC(=O)/C=C(/C)Oc1ccc(C(=O)OCC)cc1. The lowest BCUT2D eigenvalue weighted by molar-refractivity contribution is -0.137. The van der Waals surface area contributed by atoms with E-state index >= 15 is 0 Å². The molecule has 20 heavy (non-hydrogen) atoms. The molecule has 1 aromatic carbocycles. The molecule has 1 rings (SSSR count).